The van der Waals surface area contributed by atoms with Gasteiger partial charge in [0.1, 0.15) is 10.6 Å². The fourth-order valence-electron chi connectivity index (χ4n) is 2.35. The third-order valence-corrected chi connectivity index (χ3v) is 4.76. The molecule has 0 aliphatic heterocycles. The minimum Gasteiger partial charge on any atom is -0.478 e. The first-order chi connectivity index (χ1) is 10.6. The summed E-state index contributed by atoms with van der Waals surface area (Å²) in [6.45, 7) is 2.08. The minimum absolute atomic E-state index is 0.0519. The standard InChI is InChI=1S/C17H17NO3S/c1-2-10-3-5-11(6-4-10)13-9-22-16(14(13)17(20)21)18-15(19)12-7-8-12/h3-6,9,12H,2,7-8H2,1H3,(H,18,19)(H,20,21). The Kier molecular flexibility index (Phi) is 3.98. The summed E-state index contributed by atoms with van der Waals surface area (Å²) in [5, 5.41) is 14.5. The molecule has 0 spiro atoms. The fraction of sp³-hybridized carbons (Fsp3) is 0.294. The van der Waals surface area contributed by atoms with Crippen molar-refractivity contribution in [1.29, 1.82) is 0 Å². The van der Waals surface area contributed by atoms with E-state index in [4.69, 9.17) is 0 Å². The Hall–Kier alpha value is -2.14. The van der Waals surface area contributed by atoms with E-state index in [-0.39, 0.29) is 17.4 Å². The van der Waals surface area contributed by atoms with E-state index in [2.05, 4.69) is 12.2 Å². The zero-order valence-electron chi connectivity index (χ0n) is 12.3. The van der Waals surface area contributed by atoms with Crippen molar-refractivity contribution in [1.82, 2.24) is 0 Å². The van der Waals surface area contributed by atoms with Gasteiger partial charge < -0.3 is 10.4 Å². The molecule has 1 amide bonds. The molecule has 0 radical (unpaired) electrons. The molecule has 22 heavy (non-hydrogen) atoms. The lowest BCUT2D eigenvalue weighted by molar-refractivity contribution is -0.117. The summed E-state index contributed by atoms with van der Waals surface area (Å²) < 4.78 is 0. The van der Waals surface area contributed by atoms with Gasteiger partial charge in [0.05, 0.1) is 0 Å². The van der Waals surface area contributed by atoms with Crippen LogP contribution in [-0.2, 0) is 11.2 Å². The van der Waals surface area contributed by atoms with E-state index in [0.29, 0.717) is 10.6 Å². The highest BCUT2D eigenvalue weighted by atomic mass is 32.1. The van der Waals surface area contributed by atoms with Gasteiger partial charge >= 0.3 is 5.97 Å². The Morgan fingerprint density at radius 1 is 1.27 bits per heavy atom. The number of hydrogen-bond acceptors (Lipinski definition) is 3. The van der Waals surface area contributed by atoms with Gasteiger partial charge in [0.25, 0.3) is 0 Å². The maximum atomic E-state index is 11.9. The number of aryl methyl sites for hydroxylation is 1. The Balaban J connectivity index is 1.94. The topological polar surface area (TPSA) is 66.4 Å². The van der Waals surface area contributed by atoms with E-state index in [1.807, 2.05) is 24.3 Å². The van der Waals surface area contributed by atoms with Crippen LogP contribution in [0.3, 0.4) is 0 Å². The summed E-state index contributed by atoms with van der Waals surface area (Å²) in [4.78, 5) is 23.5. The largest absolute Gasteiger partial charge is 0.478 e. The number of carbonyl (C=O) groups excluding carboxylic acids is 1. The normalized spacial score (nSPS) is 13.9. The lowest BCUT2D eigenvalue weighted by atomic mass is 10.0. The summed E-state index contributed by atoms with van der Waals surface area (Å²) in [5.74, 6) is -1.03. The molecule has 4 nitrogen and oxygen atoms in total. The van der Waals surface area contributed by atoms with Crippen LogP contribution in [0.15, 0.2) is 29.6 Å². The molecule has 1 heterocycles. The number of carboxylic acids is 1. The first kappa shape index (κ1) is 14.8. The predicted octanol–water partition coefficient (Wildman–Crippen LogP) is 4.02. The minimum atomic E-state index is -1.01. The highest BCUT2D eigenvalue weighted by Crippen LogP contribution is 2.37. The molecule has 1 aromatic heterocycles. The summed E-state index contributed by atoms with van der Waals surface area (Å²) >= 11 is 1.27. The second kappa shape index (κ2) is 5.93. The van der Waals surface area contributed by atoms with Crippen LogP contribution in [-0.4, -0.2) is 17.0 Å². The van der Waals surface area contributed by atoms with Crippen LogP contribution in [0, 0.1) is 5.92 Å². The smallest absolute Gasteiger partial charge is 0.339 e. The summed E-state index contributed by atoms with van der Waals surface area (Å²) in [6.07, 6.45) is 2.73. The number of nitrogens with one attached hydrogen (secondary N) is 1. The van der Waals surface area contributed by atoms with Crippen molar-refractivity contribution in [3.8, 4) is 11.1 Å². The Morgan fingerprint density at radius 2 is 1.95 bits per heavy atom. The van der Waals surface area contributed by atoms with Gasteiger partial charge in [-0.2, -0.15) is 0 Å². The van der Waals surface area contributed by atoms with E-state index in [9.17, 15) is 14.7 Å². The molecule has 1 saturated carbocycles. The molecule has 5 heteroatoms. The first-order valence-electron chi connectivity index (χ1n) is 7.35. The number of carboxylic acid groups (broad SMARTS) is 1. The van der Waals surface area contributed by atoms with Crippen molar-refractivity contribution in [2.45, 2.75) is 26.2 Å². The molecular formula is C17H17NO3S. The zero-order valence-corrected chi connectivity index (χ0v) is 13.1. The van der Waals surface area contributed by atoms with E-state index in [1.165, 1.54) is 16.9 Å². The molecule has 1 aliphatic rings. The van der Waals surface area contributed by atoms with Gasteiger partial charge in [-0.3, -0.25) is 4.79 Å². The van der Waals surface area contributed by atoms with Crippen LogP contribution in [0.4, 0.5) is 5.00 Å². The van der Waals surface area contributed by atoms with Crippen molar-refractivity contribution in [3.63, 3.8) is 0 Å². The lowest BCUT2D eigenvalue weighted by Crippen LogP contribution is -2.14. The van der Waals surface area contributed by atoms with Gasteiger partial charge in [0, 0.05) is 16.9 Å². The third kappa shape index (κ3) is 2.90. The summed E-state index contributed by atoms with van der Waals surface area (Å²) in [7, 11) is 0. The summed E-state index contributed by atoms with van der Waals surface area (Å²) in [6, 6.07) is 7.86. The van der Waals surface area contributed by atoms with Crippen LogP contribution in [0.5, 0.6) is 0 Å². The van der Waals surface area contributed by atoms with Crippen molar-refractivity contribution < 1.29 is 14.7 Å². The number of anilines is 1. The lowest BCUT2D eigenvalue weighted by Gasteiger charge is -2.06. The van der Waals surface area contributed by atoms with Crippen molar-refractivity contribution in [2.24, 2.45) is 5.92 Å². The second-order valence-corrected chi connectivity index (χ2v) is 6.35. The maximum Gasteiger partial charge on any atom is 0.339 e. The molecule has 1 aliphatic carbocycles. The number of amides is 1. The number of thiophene rings is 1. The maximum absolute atomic E-state index is 11.9. The zero-order chi connectivity index (χ0) is 15.7. The third-order valence-electron chi connectivity index (χ3n) is 3.86. The Labute approximate surface area is 132 Å². The second-order valence-electron chi connectivity index (χ2n) is 5.47. The number of hydrogen-bond donors (Lipinski definition) is 2. The van der Waals surface area contributed by atoms with E-state index in [0.717, 1.165) is 24.8 Å². The SMILES string of the molecule is CCc1ccc(-c2csc(NC(=O)C3CC3)c2C(=O)O)cc1. The molecule has 1 aromatic carbocycles. The van der Waals surface area contributed by atoms with Gasteiger partial charge in [-0.25, -0.2) is 4.79 Å². The predicted molar refractivity (Wildman–Crippen MR) is 87.4 cm³/mol. The van der Waals surface area contributed by atoms with E-state index >= 15 is 0 Å². The Bertz CT molecular complexity index is 714. The molecule has 2 N–H and O–H groups in total. The van der Waals surface area contributed by atoms with E-state index in [1.54, 1.807) is 5.38 Å². The highest BCUT2D eigenvalue weighted by Gasteiger charge is 2.31. The molecule has 114 valence electrons. The highest BCUT2D eigenvalue weighted by molar-refractivity contribution is 7.15. The summed E-state index contributed by atoms with van der Waals surface area (Å²) in [5.41, 5.74) is 2.91. The van der Waals surface area contributed by atoms with Crippen LogP contribution >= 0.6 is 11.3 Å². The molecule has 2 aromatic rings. The Morgan fingerprint density at radius 3 is 2.50 bits per heavy atom. The van der Waals surface area contributed by atoms with E-state index < -0.39 is 5.97 Å². The van der Waals surface area contributed by atoms with Gasteiger partial charge in [-0.1, -0.05) is 31.2 Å². The number of carbonyl (C=O) groups is 2. The number of benzene rings is 1. The quantitative estimate of drug-likeness (QED) is 0.875. The average molecular weight is 315 g/mol. The van der Waals surface area contributed by atoms with Crippen molar-refractivity contribution in [3.05, 3.63) is 40.8 Å². The first-order valence-corrected chi connectivity index (χ1v) is 8.23. The monoisotopic (exact) mass is 315 g/mol. The molecule has 0 bridgehead atoms. The number of aromatic carboxylic acids is 1. The number of rotatable bonds is 5. The van der Waals surface area contributed by atoms with Crippen LogP contribution in [0.1, 0.15) is 35.7 Å². The molecule has 0 unspecified atom stereocenters. The molecule has 3 rings (SSSR count). The fourth-order valence-corrected chi connectivity index (χ4v) is 3.32. The molecule has 1 fully saturated rings. The van der Waals surface area contributed by atoms with Crippen molar-refractivity contribution in [2.75, 3.05) is 5.32 Å². The van der Waals surface area contributed by atoms with Gasteiger partial charge in [-0.15, -0.1) is 11.3 Å². The van der Waals surface area contributed by atoms with Gasteiger partial charge in [0.2, 0.25) is 5.91 Å². The molecule has 0 atom stereocenters. The van der Waals surface area contributed by atoms with Crippen LogP contribution in [0.25, 0.3) is 11.1 Å². The average Bonchev–Trinajstić information content (AvgIpc) is 3.28. The van der Waals surface area contributed by atoms with Gasteiger partial charge in [-0.05, 0) is 30.4 Å². The van der Waals surface area contributed by atoms with Crippen LogP contribution in [0.2, 0.25) is 0 Å². The van der Waals surface area contributed by atoms with Crippen LogP contribution < -0.4 is 5.32 Å². The van der Waals surface area contributed by atoms with Crippen molar-refractivity contribution >= 4 is 28.2 Å². The van der Waals surface area contributed by atoms with Gasteiger partial charge in [0.15, 0.2) is 0 Å². The molecular weight excluding hydrogens is 298 g/mol. The molecule has 0 saturated heterocycles.